The van der Waals surface area contributed by atoms with Gasteiger partial charge in [0.15, 0.2) is 34.8 Å². The maximum atomic E-state index is 15.3. The van der Waals surface area contributed by atoms with Gasteiger partial charge in [0, 0.05) is 36.3 Å². The number of hydrogen-bond acceptors (Lipinski definition) is 8. The summed E-state index contributed by atoms with van der Waals surface area (Å²) in [5.74, 6) is -1.19. The smallest absolute Gasteiger partial charge is 0.177 e. The second-order valence-electron chi connectivity index (χ2n) is 8.04. The average Bonchev–Trinajstić information content (AvgIpc) is 2.93. The number of benzene rings is 2. The van der Waals surface area contributed by atoms with Gasteiger partial charge in [-0.1, -0.05) is 0 Å². The summed E-state index contributed by atoms with van der Waals surface area (Å²) >= 11 is 0. The maximum absolute atomic E-state index is 15.3. The van der Waals surface area contributed by atoms with Crippen LogP contribution in [-0.4, -0.2) is 55.5 Å². The molecular weight excluding hydrogens is 468 g/mol. The molecule has 0 atom stereocenters. The number of pyridine rings is 1. The zero-order chi connectivity index (χ0) is 25.2. The van der Waals surface area contributed by atoms with Gasteiger partial charge in [0.25, 0.3) is 0 Å². The van der Waals surface area contributed by atoms with Crippen molar-refractivity contribution < 1.29 is 23.0 Å². The van der Waals surface area contributed by atoms with Crippen LogP contribution in [0.15, 0.2) is 42.6 Å². The maximum Gasteiger partial charge on any atom is 0.177 e. The minimum Gasteiger partial charge on any atom is -0.494 e. The zero-order valence-electron chi connectivity index (χ0n) is 19.6. The Morgan fingerprint density at radius 2 is 1.64 bits per heavy atom. The van der Waals surface area contributed by atoms with E-state index in [1.54, 1.807) is 36.5 Å². The van der Waals surface area contributed by atoms with Gasteiger partial charge >= 0.3 is 0 Å². The summed E-state index contributed by atoms with van der Waals surface area (Å²) in [4.78, 5) is 15.9. The molecule has 1 fully saturated rings. The Bertz CT molecular complexity index is 1450. The molecule has 2 aromatic carbocycles. The molecular formula is C26H21F2N5O3. The first-order valence-electron chi connectivity index (χ1n) is 11.2. The van der Waals surface area contributed by atoms with Crippen molar-refractivity contribution in [1.82, 2.24) is 15.0 Å². The number of anilines is 1. The summed E-state index contributed by atoms with van der Waals surface area (Å²) in [7, 11) is 2.59. The van der Waals surface area contributed by atoms with E-state index in [1.807, 2.05) is 4.90 Å². The van der Waals surface area contributed by atoms with Gasteiger partial charge in [0.2, 0.25) is 0 Å². The van der Waals surface area contributed by atoms with E-state index in [1.165, 1.54) is 14.2 Å². The first-order chi connectivity index (χ1) is 17.5. The lowest BCUT2D eigenvalue weighted by molar-refractivity contribution is 0.122. The fourth-order valence-electron chi connectivity index (χ4n) is 4.09. The van der Waals surface area contributed by atoms with E-state index in [4.69, 9.17) is 24.5 Å². The van der Waals surface area contributed by atoms with Crippen LogP contribution >= 0.6 is 0 Å². The number of hydrogen-bond donors (Lipinski definition) is 0. The molecule has 36 heavy (non-hydrogen) atoms. The topological polar surface area (TPSA) is 93.4 Å². The molecule has 0 N–H and O–H groups in total. The van der Waals surface area contributed by atoms with Crippen molar-refractivity contribution in [2.24, 2.45) is 0 Å². The monoisotopic (exact) mass is 489 g/mol. The van der Waals surface area contributed by atoms with Crippen LogP contribution in [0.4, 0.5) is 14.6 Å². The van der Waals surface area contributed by atoms with Crippen molar-refractivity contribution in [1.29, 1.82) is 5.26 Å². The molecule has 0 radical (unpaired) electrons. The molecule has 1 aliphatic rings. The highest BCUT2D eigenvalue weighted by molar-refractivity contribution is 5.92. The molecule has 1 saturated heterocycles. The minimum atomic E-state index is -0.884. The van der Waals surface area contributed by atoms with E-state index < -0.39 is 11.6 Å². The zero-order valence-corrected chi connectivity index (χ0v) is 19.6. The quantitative estimate of drug-likeness (QED) is 0.408. The second kappa shape index (κ2) is 9.71. The lowest BCUT2D eigenvalue weighted by atomic mass is 10.1. The number of fused-ring (bicyclic) bond motifs is 1. The largest absolute Gasteiger partial charge is 0.494 e. The van der Waals surface area contributed by atoms with Crippen LogP contribution in [0.5, 0.6) is 11.5 Å². The molecule has 2 aromatic heterocycles. The lowest BCUT2D eigenvalue weighted by Crippen LogP contribution is -2.37. The number of rotatable bonds is 5. The fourth-order valence-corrected chi connectivity index (χ4v) is 4.09. The third-order valence-corrected chi connectivity index (χ3v) is 5.96. The van der Waals surface area contributed by atoms with E-state index >= 15 is 8.78 Å². The summed E-state index contributed by atoms with van der Waals surface area (Å²) in [5, 5.41) is 9.63. The van der Waals surface area contributed by atoms with Crippen LogP contribution in [0.2, 0.25) is 0 Å². The number of aromatic nitrogens is 3. The first kappa shape index (κ1) is 23.4. The first-order valence-corrected chi connectivity index (χ1v) is 11.2. The molecule has 182 valence electrons. The number of nitrogens with zero attached hydrogens (tertiary/aromatic N) is 5. The highest BCUT2D eigenvalue weighted by Crippen LogP contribution is 2.39. The summed E-state index contributed by atoms with van der Waals surface area (Å²) < 4.78 is 46.3. The number of halogens is 2. The van der Waals surface area contributed by atoms with Crippen LogP contribution in [0.25, 0.3) is 33.5 Å². The second-order valence-corrected chi connectivity index (χ2v) is 8.04. The fraction of sp³-hybridized carbons (Fsp3) is 0.231. The highest BCUT2D eigenvalue weighted by atomic mass is 19.1. The SMILES string of the molecule is COc1cc(OC)c(F)c(-c2cc3cnc(-c4ccc(C#N)cc4)nc3c(N3CCOCC3)n2)c1F. The molecule has 8 nitrogen and oxygen atoms in total. The van der Waals surface area contributed by atoms with E-state index in [9.17, 15) is 0 Å². The van der Waals surface area contributed by atoms with Gasteiger partial charge in [0.1, 0.15) is 5.52 Å². The van der Waals surface area contributed by atoms with Crippen molar-refractivity contribution in [2.75, 3.05) is 45.4 Å². The van der Waals surface area contributed by atoms with E-state index in [2.05, 4.69) is 16.0 Å². The number of nitriles is 1. The molecule has 4 aromatic rings. The number of ether oxygens (including phenoxy) is 3. The molecule has 1 aliphatic heterocycles. The Morgan fingerprint density at radius 3 is 2.25 bits per heavy atom. The standard InChI is InChI=1S/C26H21F2N5O3/c1-34-19-12-20(35-2)23(28)21(22(19)27)18-11-17-14-30-25(16-5-3-15(13-29)4-6-16)32-24(17)26(31-18)33-7-9-36-10-8-33/h3-6,11-12,14H,7-10H2,1-2H3. The normalized spacial score (nSPS) is 13.5. The van der Waals surface area contributed by atoms with E-state index in [0.717, 1.165) is 11.6 Å². The molecule has 0 aliphatic carbocycles. The van der Waals surface area contributed by atoms with E-state index in [0.29, 0.717) is 54.4 Å². The van der Waals surface area contributed by atoms with Crippen LogP contribution in [0.3, 0.4) is 0 Å². The molecule has 10 heteroatoms. The van der Waals surface area contributed by atoms with Crippen molar-refractivity contribution >= 4 is 16.7 Å². The van der Waals surface area contributed by atoms with Gasteiger partial charge in [-0.2, -0.15) is 5.26 Å². The van der Waals surface area contributed by atoms with Crippen LogP contribution in [0, 0.1) is 23.0 Å². The Kier molecular flexibility index (Phi) is 6.31. The van der Waals surface area contributed by atoms with Crippen molar-refractivity contribution in [3.8, 4) is 40.2 Å². The Labute approximate surface area is 205 Å². The Hall–Kier alpha value is -4.36. The van der Waals surface area contributed by atoms with Gasteiger partial charge in [0.05, 0.1) is 50.3 Å². The van der Waals surface area contributed by atoms with Crippen LogP contribution in [0.1, 0.15) is 5.56 Å². The molecule has 0 saturated carbocycles. The average molecular weight is 489 g/mol. The Balaban J connectivity index is 1.73. The predicted molar refractivity (Wildman–Crippen MR) is 129 cm³/mol. The molecule has 0 spiro atoms. The van der Waals surface area contributed by atoms with Gasteiger partial charge in [-0.3, -0.25) is 0 Å². The van der Waals surface area contributed by atoms with Gasteiger partial charge in [-0.25, -0.2) is 23.7 Å². The summed E-state index contributed by atoms with van der Waals surface area (Å²) in [5.41, 5.74) is 1.48. The predicted octanol–water partition coefficient (Wildman–Crippen LogP) is 4.36. The molecule has 3 heterocycles. The molecule has 0 unspecified atom stereocenters. The molecule has 5 rings (SSSR count). The molecule has 0 amide bonds. The molecule has 0 bridgehead atoms. The summed E-state index contributed by atoms with van der Waals surface area (Å²) in [6.07, 6.45) is 1.60. The van der Waals surface area contributed by atoms with Gasteiger partial charge in [-0.05, 0) is 30.3 Å². The van der Waals surface area contributed by atoms with Gasteiger partial charge < -0.3 is 19.1 Å². The van der Waals surface area contributed by atoms with Crippen molar-refractivity contribution in [3.63, 3.8) is 0 Å². The third kappa shape index (κ3) is 4.14. The minimum absolute atomic E-state index is 0.0610. The van der Waals surface area contributed by atoms with Crippen molar-refractivity contribution in [2.45, 2.75) is 0 Å². The van der Waals surface area contributed by atoms with Gasteiger partial charge in [-0.15, -0.1) is 0 Å². The summed E-state index contributed by atoms with van der Waals surface area (Å²) in [6, 6.07) is 11.7. The van der Waals surface area contributed by atoms with Crippen molar-refractivity contribution in [3.05, 3.63) is 59.8 Å². The number of morpholine rings is 1. The van der Waals surface area contributed by atoms with Crippen LogP contribution in [-0.2, 0) is 4.74 Å². The number of methoxy groups -OCH3 is 2. The van der Waals surface area contributed by atoms with Crippen LogP contribution < -0.4 is 14.4 Å². The third-order valence-electron chi connectivity index (χ3n) is 5.96. The lowest BCUT2D eigenvalue weighted by Gasteiger charge is -2.29. The highest BCUT2D eigenvalue weighted by Gasteiger charge is 2.25. The Morgan fingerprint density at radius 1 is 0.972 bits per heavy atom. The van der Waals surface area contributed by atoms with E-state index in [-0.39, 0.29) is 22.8 Å². The summed E-state index contributed by atoms with van der Waals surface area (Å²) in [6.45, 7) is 2.04.